The van der Waals surface area contributed by atoms with Gasteiger partial charge >= 0.3 is 5.97 Å². The van der Waals surface area contributed by atoms with Crippen LogP contribution in [-0.2, 0) is 0 Å². The number of furan rings is 1. The van der Waals surface area contributed by atoms with Crippen LogP contribution in [0.25, 0.3) is 11.3 Å². The number of amides is 1. The van der Waals surface area contributed by atoms with Gasteiger partial charge in [-0.1, -0.05) is 23.7 Å². The molecule has 1 aromatic heterocycles. The fraction of sp³-hybridized carbons (Fsp3) is 0.0526. The molecular formula is C19H14ClNO5. The molecule has 1 amide bonds. The number of aromatic carboxylic acids is 1. The van der Waals surface area contributed by atoms with Gasteiger partial charge < -0.3 is 19.9 Å². The Balaban J connectivity index is 1.79. The van der Waals surface area contributed by atoms with Gasteiger partial charge in [0.2, 0.25) is 0 Å². The number of nitrogens with one attached hydrogen (secondary N) is 1. The highest BCUT2D eigenvalue weighted by atomic mass is 35.5. The first-order valence-corrected chi connectivity index (χ1v) is 7.97. The molecule has 0 fully saturated rings. The predicted octanol–water partition coefficient (Wildman–Crippen LogP) is 4.56. The van der Waals surface area contributed by atoms with E-state index < -0.39 is 17.6 Å². The summed E-state index contributed by atoms with van der Waals surface area (Å²) >= 11 is 6.10. The van der Waals surface area contributed by atoms with Crippen LogP contribution in [-0.4, -0.2) is 22.1 Å². The van der Waals surface area contributed by atoms with Crippen molar-refractivity contribution in [3.63, 3.8) is 0 Å². The number of rotatable bonds is 4. The Morgan fingerprint density at radius 3 is 2.50 bits per heavy atom. The number of phenols is 1. The number of carboxylic acid groups (broad SMARTS) is 1. The highest BCUT2D eigenvalue weighted by molar-refractivity contribution is 6.31. The zero-order chi connectivity index (χ0) is 18.8. The van der Waals surface area contributed by atoms with Gasteiger partial charge in [-0.2, -0.15) is 0 Å². The summed E-state index contributed by atoms with van der Waals surface area (Å²) in [6, 6.07) is 12.4. The molecule has 0 aliphatic heterocycles. The summed E-state index contributed by atoms with van der Waals surface area (Å²) in [5.41, 5.74) is 1.67. The Labute approximate surface area is 153 Å². The Hall–Kier alpha value is -3.25. The SMILES string of the molecule is Cc1ccc(-c2ccc(C(=O)Nc3ccc(C(=O)O)c(O)c3)o2)cc1Cl. The second kappa shape index (κ2) is 6.93. The van der Waals surface area contributed by atoms with E-state index in [0.717, 1.165) is 17.2 Å². The first-order valence-electron chi connectivity index (χ1n) is 7.59. The second-order valence-corrected chi connectivity index (χ2v) is 6.03. The zero-order valence-electron chi connectivity index (χ0n) is 13.6. The maximum absolute atomic E-state index is 12.3. The lowest BCUT2D eigenvalue weighted by Gasteiger charge is -2.06. The van der Waals surface area contributed by atoms with E-state index in [9.17, 15) is 14.7 Å². The molecule has 0 atom stereocenters. The van der Waals surface area contributed by atoms with Crippen molar-refractivity contribution in [3.8, 4) is 17.1 Å². The van der Waals surface area contributed by atoms with Crippen LogP contribution < -0.4 is 5.32 Å². The van der Waals surface area contributed by atoms with Crippen LogP contribution in [0, 0.1) is 6.92 Å². The van der Waals surface area contributed by atoms with Crippen molar-refractivity contribution < 1.29 is 24.2 Å². The van der Waals surface area contributed by atoms with Crippen LogP contribution in [0.3, 0.4) is 0 Å². The lowest BCUT2D eigenvalue weighted by atomic mass is 10.1. The smallest absolute Gasteiger partial charge is 0.339 e. The van der Waals surface area contributed by atoms with E-state index in [1.54, 1.807) is 12.1 Å². The molecular weight excluding hydrogens is 358 g/mol. The monoisotopic (exact) mass is 371 g/mol. The third-order valence-electron chi connectivity index (χ3n) is 3.77. The van der Waals surface area contributed by atoms with Crippen LogP contribution in [0.15, 0.2) is 52.9 Å². The number of carbonyl (C=O) groups excluding carboxylic acids is 1. The predicted molar refractivity (Wildman–Crippen MR) is 96.9 cm³/mol. The third-order valence-corrected chi connectivity index (χ3v) is 4.18. The minimum Gasteiger partial charge on any atom is -0.507 e. The average molecular weight is 372 g/mol. The molecule has 0 spiro atoms. The van der Waals surface area contributed by atoms with Gasteiger partial charge in [0.25, 0.3) is 5.91 Å². The second-order valence-electron chi connectivity index (χ2n) is 5.62. The fourth-order valence-corrected chi connectivity index (χ4v) is 2.52. The van der Waals surface area contributed by atoms with Gasteiger partial charge in [-0.05, 0) is 42.8 Å². The number of hydrogen-bond acceptors (Lipinski definition) is 4. The van der Waals surface area contributed by atoms with Crippen molar-refractivity contribution in [1.29, 1.82) is 0 Å². The van der Waals surface area contributed by atoms with E-state index in [4.69, 9.17) is 21.1 Å². The maximum Gasteiger partial charge on any atom is 0.339 e. The number of carbonyl (C=O) groups is 2. The molecule has 0 saturated heterocycles. The largest absolute Gasteiger partial charge is 0.507 e. The average Bonchev–Trinajstić information content (AvgIpc) is 3.07. The number of benzene rings is 2. The third kappa shape index (κ3) is 3.55. The number of hydrogen-bond donors (Lipinski definition) is 3. The number of aryl methyl sites for hydroxylation is 1. The zero-order valence-corrected chi connectivity index (χ0v) is 14.4. The number of halogens is 1. The molecule has 0 radical (unpaired) electrons. The van der Waals surface area contributed by atoms with Crippen LogP contribution >= 0.6 is 11.6 Å². The molecule has 2 aromatic carbocycles. The maximum atomic E-state index is 12.3. The summed E-state index contributed by atoms with van der Waals surface area (Å²) in [5, 5.41) is 21.7. The molecule has 3 rings (SSSR count). The summed E-state index contributed by atoms with van der Waals surface area (Å²) < 4.78 is 5.56. The van der Waals surface area contributed by atoms with E-state index in [-0.39, 0.29) is 17.0 Å². The topological polar surface area (TPSA) is 99.8 Å². The van der Waals surface area contributed by atoms with Gasteiger partial charge in [0.15, 0.2) is 5.76 Å². The first kappa shape index (κ1) is 17.6. The van der Waals surface area contributed by atoms with Crippen molar-refractivity contribution in [2.24, 2.45) is 0 Å². The quantitative estimate of drug-likeness (QED) is 0.624. The summed E-state index contributed by atoms with van der Waals surface area (Å²) in [7, 11) is 0. The lowest BCUT2D eigenvalue weighted by molar-refractivity contribution is 0.0693. The highest BCUT2D eigenvalue weighted by Crippen LogP contribution is 2.28. The summed E-state index contributed by atoms with van der Waals surface area (Å²) in [5.74, 6) is -1.67. The van der Waals surface area contributed by atoms with Gasteiger partial charge in [0.1, 0.15) is 17.1 Å². The molecule has 6 nitrogen and oxygen atoms in total. The molecule has 1 heterocycles. The minimum atomic E-state index is -1.26. The standard InChI is InChI=1S/C19H14ClNO5/c1-10-2-3-11(8-14(10)20)16-6-7-17(26-16)18(23)21-12-4-5-13(19(24)25)15(22)9-12/h2-9,22H,1H3,(H,21,23)(H,24,25). The molecule has 132 valence electrons. The summed E-state index contributed by atoms with van der Waals surface area (Å²) in [4.78, 5) is 23.2. The number of carboxylic acids is 1. The van der Waals surface area contributed by atoms with E-state index in [1.165, 1.54) is 18.2 Å². The van der Waals surface area contributed by atoms with Crippen LogP contribution in [0.2, 0.25) is 5.02 Å². The summed E-state index contributed by atoms with van der Waals surface area (Å²) in [6.45, 7) is 1.89. The fourth-order valence-electron chi connectivity index (χ4n) is 2.34. The van der Waals surface area contributed by atoms with Crippen LogP contribution in [0.4, 0.5) is 5.69 Å². The van der Waals surface area contributed by atoms with Crippen molar-refractivity contribution in [2.45, 2.75) is 6.92 Å². The van der Waals surface area contributed by atoms with Gasteiger partial charge in [-0.15, -0.1) is 0 Å². The Kier molecular flexibility index (Phi) is 4.69. The molecule has 0 aliphatic carbocycles. The van der Waals surface area contributed by atoms with Gasteiger partial charge in [-0.25, -0.2) is 4.79 Å². The highest BCUT2D eigenvalue weighted by Gasteiger charge is 2.15. The van der Waals surface area contributed by atoms with Gasteiger partial charge in [0.05, 0.1) is 0 Å². The molecule has 26 heavy (non-hydrogen) atoms. The Morgan fingerprint density at radius 2 is 1.85 bits per heavy atom. The molecule has 3 N–H and O–H groups in total. The molecule has 0 aliphatic rings. The van der Waals surface area contributed by atoms with E-state index in [0.29, 0.717) is 10.8 Å². The molecule has 3 aromatic rings. The van der Waals surface area contributed by atoms with E-state index >= 15 is 0 Å². The summed E-state index contributed by atoms with van der Waals surface area (Å²) in [6.07, 6.45) is 0. The Bertz CT molecular complexity index is 1010. The van der Waals surface area contributed by atoms with Gasteiger partial charge in [-0.3, -0.25) is 4.79 Å². The van der Waals surface area contributed by atoms with Crippen molar-refractivity contribution >= 4 is 29.2 Å². The Morgan fingerprint density at radius 1 is 1.08 bits per heavy atom. The lowest BCUT2D eigenvalue weighted by Crippen LogP contribution is -2.11. The van der Waals surface area contributed by atoms with Gasteiger partial charge in [0, 0.05) is 22.3 Å². The minimum absolute atomic E-state index is 0.0681. The van der Waals surface area contributed by atoms with Crippen molar-refractivity contribution in [1.82, 2.24) is 0 Å². The number of aromatic hydroxyl groups is 1. The molecule has 0 saturated carbocycles. The first-order chi connectivity index (χ1) is 12.3. The molecule has 0 unspecified atom stereocenters. The number of anilines is 1. The van der Waals surface area contributed by atoms with Crippen molar-refractivity contribution in [3.05, 3.63) is 70.4 Å². The molecule has 7 heteroatoms. The van der Waals surface area contributed by atoms with Crippen LogP contribution in [0.1, 0.15) is 26.5 Å². The normalized spacial score (nSPS) is 10.5. The van der Waals surface area contributed by atoms with Crippen LogP contribution in [0.5, 0.6) is 5.75 Å². The van der Waals surface area contributed by atoms with E-state index in [1.807, 2.05) is 19.1 Å². The molecule has 0 bridgehead atoms. The van der Waals surface area contributed by atoms with Crippen molar-refractivity contribution in [2.75, 3.05) is 5.32 Å². The van der Waals surface area contributed by atoms with E-state index in [2.05, 4.69) is 5.32 Å².